The molecule has 0 radical (unpaired) electrons. The van der Waals surface area contributed by atoms with Gasteiger partial charge in [0.15, 0.2) is 0 Å². The van der Waals surface area contributed by atoms with Gasteiger partial charge in [0.1, 0.15) is 0 Å². The number of carbonyl (C=O) groups is 1. The van der Waals surface area contributed by atoms with Gasteiger partial charge in [0, 0.05) is 32.6 Å². The highest BCUT2D eigenvalue weighted by atomic mass is 35.5. The van der Waals surface area contributed by atoms with E-state index in [1.165, 1.54) is 4.90 Å². The fraction of sp³-hybridized carbons (Fsp3) is 0.917. The molecule has 4 nitrogen and oxygen atoms in total. The summed E-state index contributed by atoms with van der Waals surface area (Å²) in [5.41, 5.74) is 0. The number of hydrogen-bond donors (Lipinski definition) is 1. The van der Waals surface area contributed by atoms with Gasteiger partial charge in [0.25, 0.3) is 5.92 Å². The predicted octanol–water partition coefficient (Wildman–Crippen LogP) is 1.87. The quantitative estimate of drug-likeness (QED) is 0.725. The van der Waals surface area contributed by atoms with Gasteiger partial charge >= 0.3 is 12.3 Å². The van der Waals surface area contributed by atoms with Gasteiger partial charge in [-0.2, -0.15) is 8.78 Å². The molecule has 0 aromatic heterocycles. The minimum absolute atomic E-state index is 0. The molecule has 2 aliphatic heterocycles. The molecular formula is C12H19Cl2F6N3O. The molecule has 2 fully saturated rings. The van der Waals surface area contributed by atoms with Crippen molar-refractivity contribution in [3.8, 4) is 0 Å². The number of nitrogens with zero attached hydrogens (tertiary/aromatic N) is 2. The Balaban J connectivity index is 0.00000264. The van der Waals surface area contributed by atoms with Crippen LogP contribution in [0.5, 0.6) is 0 Å². The number of carbonyl (C=O) groups excluding carboxylic acids is 1. The highest BCUT2D eigenvalue weighted by Crippen LogP contribution is 2.27. The standard InChI is InChI=1S/C12H17F6N3O.2ClH/c13-10(14)12(17,18)7-20-1-3-21(4-2-20)9(22)8-5-11(15,16)6-19-8;;/h8,10,19H,1-7H2;2*1H. The molecule has 0 bridgehead atoms. The molecule has 1 amide bonds. The summed E-state index contributed by atoms with van der Waals surface area (Å²) in [6, 6.07) is -0.982. The van der Waals surface area contributed by atoms with Crippen LogP contribution in [0.15, 0.2) is 0 Å². The van der Waals surface area contributed by atoms with E-state index in [4.69, 9.17) is 0 Å². The number of hydrogen-bond acceptors (Lipinski definition) is 3. The lowest BCUT2D eigenvalue weighted by molar-refractivity contribution is -0.149. The molecule has 1 N–H and O–H groups in total. The van der Waals surface area contributed by atoms with E-state index in [1.54, 1.807) is 0 Å². The van der Waals surface area contributed by atoms with Crippen LogP contribution in [0.3, 0.4) is 0 Å². The van der Waals surface area contributed by atoms with Crippen molar-refractivity contribution in [1.29, 1.82) is 0 Å². The normalized spacial score (nSPS) is 24.5. The maximum absolute atomic E-state index is 13.0. The van der Waals surface area contributed by atoms with Crippen LogP contribution < -0.4 is 5.32 Å². The zero-order chi connectivity index (χ0) is 16.5. The number of amides is 1. The van der Waals surface area contributed by atoms with Crippen LogP contribution in [0.25, 0.3) is 0 Å². The van der Waals surface area contributed by atoms with Gasteiger partial charge in [-0.25, -0.2) is 17.6 Å². The predicted molar refractivity (Wildman–Crippen MR) is 79.8 cm³/mol. The van der Waals surface area contributed by atoms with E-state index in [0.717, 1.165) is 4.90 Å². The van der Waals surface area contributed by atoms with Crippen LogP contribution in [0.2, 0.25) is 0 Å². The molecule has 1 atom stereocenters. The van der Waals surface area contributed by atoms with Crippen molar-refractivity contribution in [2.75, 3.05) is 39.3 Å². The van der Waals surface area contributed by atoms with Gasteiger partial charge in [0.05, 0.1) is 19.1 Å². The lowest BCUT2D eigenvalue weighted by atomic mass is 10.1. The van der Waals surface area contributed by atoms with Crippen molar-refractivity contribution in [3.63, 3.8) is 0 Å². The van der Waals surface area contributed by atoms with E-state index in [9.17, 15) is 31.1 Å². The molecule has 144 valence electrons. The Morgan fingerprint density at radius 2 is 1.71 bits per heavy atom. The smallest absolute Gasteiger partial charge is 0.319 e. The summed E-state index contributed by atoms with van der Waals surface area (Å²) in [7, 11) is 0. The van der Waals surface area contributed by atoms with E-state index in [0.29, 0.717) is 0 Å². The fourth-order valence-electron chi connectivity index (χ4n) is 2.60. The second kappa shape index (κ2) is 8.77. The van der Waals surface area contributed by atoms with Crippen LogP contribution in [0, 0.1) is 0 Å². The summed E-state index contributed by atoms with van der Waals surface area (Å²) >= 11 is 0. The van der Waals surface area contributed by atoms with E-state index >= 15 is 0 Å². The SMILES string of the molecule is Cl.Cl.O=C(C1CC(F)(F)CN1)N1CCN(CC(F)(F)C(F)F)CC1. The van der Waals surface area contributed by atoms with E-state index in [2.05, 4.69) is 5.32 Å². The van der Waals surface area contributed by atoms with Gasteiger partial charge in [-0.15, -0.1) is 24.8 Å². The van der Waals surface area contributed by atoms with Gasteiger partial charge in [0.2, 0.25) is 5.91 Å². The van der Waals surface area contributed by atoms with Gasteiger partial charge in [-0.3, -0.25) is 15.0 Å². The fourth-order valence-corrected chi connectivity index (χ4v) is 2.60. The highest BCUT2D eigenvalue weighted by molar-refractivity contribution is 5.85. The van der Waals surface area contributed by atoms with Crippen LogP contribution in [-0.4, -0.2) is 79.3 Å². The summed E-state index contributed by atoms with van der Waals surface area (Å²) in [5, 5.41) is 2.43. The molecule has 2 heterocycles. The molecule has 0 aromatic carbocycles. The number of alkyl halides is 6. The third kappa shape index (κ3) is 5.82. The van der Waals surface area contributed by atoms with E-state index < -0.39 is 49.7 Å². The zero-order valence-electron chi connectivity index (χ0n) is 12.5. The molecule has 0 saturated carbocycles. The second-order valence-electron chi connectivity index (χ2n) is 5.66. The Hall–Kier alpha value is -0.450. The minimum atomic E-state index is -4.10. The third-order valence-electron chi connectivity index (χ3n) is 3.85. The highest BCUT2D eigenvalue weighted by Gasteiger charge is 2.45. The number of rotatable bonds is 4. The lowest BCUT2D eigenvalue weighted by Crippen LogP contribution is -2.55. The van der Waals surface area contributed by atoms with E-state index in [-0.39, 0.29) is 51.0 Å². The van der Waals surface area contributed by atoms with Crippen molar-refractivity contribution in [2.24, 2.45) is 0 Å². The van der Waals surface area contributed by atoms with Crippen molar-refractivity contribution >= 4 is 30.7 Å². The summed E-state index contributed by atoms with van der Waals surface area (Å²) in [6.45, 7) is -1.51. The third-order valence-corrected chi connectivity index (χ3v) is 3.85. The maximum Gasteiger partial charge on any atom is 0.319 e. The molecule has 2 saturated heterocycles. The molecule has 24 heavy (non-hydrogen) atoms. The van der Waals surface area contributed by atoms with Crippen molar-refractivity contribution in [3.05, 3.63) is 0 Å². The summed E-state index contributed by atoms with van der Waals surface area (Å²) in [4.78, 5) is 14.5. The average molecular weight is 406 g/mol. The maximum atomic E-state index is 13.0. The first-order chi connectivity index (χ1) is 10.1. The van der Waals surface area contributed by atoms with Crippen LogP contribution in [0.4, 0.5) is 26.3 Å². The molecule has 2 aliphatic rings. The van der Waals surface area contributed by atoms with Crippen LogP contribution in [0.1, 0.15) is 6.42 Å². The Bertz CT molecular complexity index is 422. The minimum Gasteiger partial charge on any atom is -0.339 e. The second-order valence-corrected chi connectivity index (χ2v) is 5.66. The van der Waals surface area contributed by atoms with Crippen LogP contribution in [-0.2, 0) is 4.79 Å². The molecule has 12 heteroatoms. The largest absolute Gasteiger partial charge is 0.339 e. The summed E-state index contributed by atoms with van der Waals surface area (Å²) in [5.74, 6) is -7.53. The Kier molecular flexibility index (Phi) is 8.61. The van der Waals surface area contributed by atoms with Gasteiger partial charge < -0.3 is 4.90 Å². The van der Waals surface area contributed by atoms with Crippen molar-refractivity contribution in [2.45, 2.75) is 30.7 Å². The summed E-state index contributed by atoms with van der Waals surface area (Å²) in [6.07, 6.45) is -4.33. The Morgan fingerprint density at radius 1 is 1.17 bits per heavy atom. The monoisotopic (exact) mass is 405 g/mol. The number of halogens is 8. The van der Waals surface area contributed by atoms with Gasteiger partial charge in [-0.05, 0) is 0 Å². The topological polar surface area (TPSA) is 35.6 Å². The van der Waals surface area contributed by atoms with Gasteiger partial charge in [-0.1, -0.05) is 0 Å². The average Bonchev–Trinajstić information content (AvgIpc) is 2.78. The number of nitrogens with one attached hydrogen (secondary N) is 1. The van der Waals surface area contributed by atoms with Crippen molar-refractivity contribution in [1.82, 2.24) is 15.1 Å². The Labute approximate surface area is 147 Å². The molecule has 1 unspecified atom stereocenters. The molecule has 2 rings (SSSR count). The lowest BCUT2D eigenvalue weighted by Gasteiger charge is -2.37. The summed E-state index contributed by atoms with van der Waals surface area (Å²) < 4.78 is 76.3. The molecular weight excluding hydrogens is 387 g/mol. The number of piperazine rings is 1. The first-order valence-electron chi connectivity index (χ1n) is 6.89. The zero-order valence-corrected chi connectivity index (χ0v) is 14.1. The van der Waals surface area contributed by atoms with Crippen molar-refractivity contribution < 1.29 is 31.1 Å². The molecule has 0 aromatic rings. The van der Waals surface area contributed by atoms with Crippen LogP contribution >= 0.6 is 24.8 Å². The molecule has 0 spiro atoms. The van der Waals surface area contributed by atoms with E-state index in [1.807, 2.05) is 0 Å². The first-order valence-corrected chi connectivity index (χ1v) is 6.89. The Morgan fingerprint density at radius 3 is 2.12 bits per heavy atom. The molecule has 0 aliphatic carbocycles. The first kappa shape index (κ1) is 23.5.